The first-order valence-electron chi connectivity index (χ1n) is 7.58. The van der Waals surface area contributed by atoms with Gasteiger partial charge in [0.25, 0.3) is 0 Å². The third kappa shape index (κ3) is 2.87. The van der Waals surface area contributed by atoms with Crippen molar-refractivity contribution in [3.05, 3.63) is 0 Å². The lowest BCUT2D eigenvalue weighted by molar-refractivity contribution is -0.125. The molecule has 0 radical (unpaired) electrons. The van der Waals surface area contributed by atoms with Crippen molar-refractivity contribution in [1.82, 2.24) is 10.2 Å². The van der Waals surface area contributed by atoms with Gasteiger partial charge in [-0.25, -0.2) is 0 Å². The summed E-state index contributed by atoms with van der Waals surface area (Å²) in [6.07, 6.45) is 6.42. The molecule has 1 N–H and O–H groups in total. The van der Waals surface area contributed by atoms with Gasteiger partial charge in [-0.2, -0.15) is 0 Å². The lowest BCUT2D eigenvalue weighted by Crippen LogP contribution is -2.44. The van der Waals surface area contributed by atoms with Crippen LogP contribution in [0.2, 0.25) is 0 Å². The van der Waals surface area contributed by atoms with Crippen molar-refractivity contribution in [2.24, 2.45) is 11.3 Å². The molecule has 2 rings (SSSR count). The Morgan fingerprint density at radius 2 is 2.28 bits per heavy atom. The number of carbonyl (C=O) groups is 1. The highest BCUT2D eigenvalue weighted by Crippen LogP contribution is 2.48. The zero-order valence-corrected chi connectivity index (χ0v) is 12.2. The molecule has 104 valence electrons. The molecule has 3 atom stereocenters. The van der Waals surface area contributed by atoms with Crippen molar-refractivity contribution in [1.29, 1.82) is 0 Å². The Balaban J connectivity index is 1.86. The van der Waals surface area contributed by atoms with Gasteiger partial charge >= 0.3 is 0 Å². The van der Waals surface area contributed by atoms with Crippen LogP contribution in [0, 0.1) is 11.3 Å². The van der Waals surface area contributed by atoms with Crippen molar-refractivity contribution >= 4 is 5.91 Å². The summed E-state index contributed by atoms with van der Waals surface area (Å²) in [5.74, 6) is 1.09. The van der Waals surface area contributed by atoms with E-state index in [4.69, 9.17) is 0 Å². The highest BCUT2D eigenvalue weighted by Gasteiger charge is 2.44. The fourth-order valence-electron chi connectivity index (χ4n) is 3.73. The maximum Gasteiger partial charge on any atom is 0.237 e. The quantitative estimate of drug-likeness (QED) is 0.833. The normalized spacial score (nSPS) is 34.1. The average Bonchev–Trinajstić information content (AvgIpc) is 2.93. The van der Waals surface area contributed by atoms with E-state index in [1.807, 2.05) is 0 Å². The minimum Gasteiger partial charge on any atom is -0.355 e. The first-order valence-corrected chi connectivity index (χ1v) is 7.58. The third-order valence-electron chi connectivity index (χ3n) is 4.89. The van der Waals surface area contributed by atoms with E-state index < -0.39 is 0 Å². The van der Waals surface area contributed by atoms with Crippen molar-refractivity contribution < 1.29 is 4.79 Å². The maximum atomic E-state index is 12.0. The summed E-state index contributed by atoms with van der Waals surface area (Å²) in [6, 6.07) is 0.0480. The van der Waals surface area contributed by atoms with E-state index in [0.717, 1.165) is 32.0 Å². The van der Waals surface area contributed by atoms with Gasteiger partial charge in [-0.3, -0.25) is 9.69 Å². The van der Waals surface area contributed by atoms with E-state index in [9.17, 15) is 4.79 Å². The van der Waals surface area contributed by atoms with Crippen LogP contribution in [0.4, 0.5) is 0 Å². The Hall–Kier alpha value is -0.570. The van der Waals surface area contributed by atoms with E-state index in [1.54, 1.807) is 0 Å². The molecule has 2 fully saturated rings. The number of hydrogen-bond acceptors (Lipinski definition) is 2. The van der Waals surface area contributed by atoms with Crippen LogP contribution in [-0.2, 0) is 4.79 Å². The van der Waals surface area contributed by atoms with Gasteiger partial charge in [0.2, 0.25) is 5.91 Å². The number of carbonyl (C=O) groups excluding carboxylic acids is 1. The summed E-state index contributed by atoms with van der Waals surface area (Å²) in [6.45, 7) is 9.57. The van der Waals surface area contributed by atoms with Crippen molar-refractivity contribution in [3.8, 4) is 0 Å². The molecule has 2 aliphatic rings. The zero-order valence-electron chi connectivity index (χ0n) is 12.2. The van der Waals surface area contributed by atoms with Gasteiger partial charge in [0.1, 0.15) is 0 Å². The topological polar surface area (TPSA) is 32.3 Å². The fraction of sp³-hybridized carbons (Fsp3) is 0.933. The summed E-state index contributed by atoms with van der Waals surface area (Å²) in [4.78, 5) is 14.4. The molecule has 0 bridgehead atoms. The lowest BCUT2D eigenvalue weighted by Gasteiger charge is -2.27. The van der Waals surface area contributed by atoms with Gasteiger partial charge in [-0.05, 0) is 50.5 Å². The molecule has 1 aliphatic carbocycles. The van der Waals surface area contributed by atoms with Gasteiger partial charge in [-0.1, -0.05) is 20.3 Å². The van der Waals surface area contributed by atoms with E-state index in [0.29, 0.717) is 5.41 Å². The Labute approximate surface area is 111 Å². The highest BCUT2D eigenvalue weighted by molar-refractivity contribution is 5.81. The number of rotatable bonds is 4. The first-order chi connectivity index (χ1) is 8.56. The number of likely N-dealkylation sites (tertiary alicyclic amines) is 1. The molecule has 0 aromatic carbocycles. The number of amides is 1. The second kappa shape index (κ2) is 5.60. The molecule has 1 saturated heterocycles. The molecule has 0 aromatic heterocycles. The van der Waals surface area contributed by atoms with Crippen molar-refractivity contribution in [3.63, 3.8) is 0 Å². The minimum absolute atomic E-state index is 0.0480. The number of nitrogens with zero attached hydrogens (tertiary/aromatic N) is 1. The molecule has 1 heterocycles. The van der Waals surface area contributed by atoms with E-state index in [1.165, 1.54) is 25.7 Å². The first kappa shape index (κ1) is 13.9. The summed E-state index contributed by atoms with van der Waals surface area (Å²) >= 11 is 0. The predicted octanol–water partition coefficient (Wildman–Crippen LogP) is 2.41. The monoisotopic (exact) mass is 252 g/mol. The molecule has 0 aromatic rings. The van der Waals surface area contributed by atoms with Gasteiger partial charge in [0.05, 0.1) is 6.04 Å². The van der Waals surface area contributed by atoms with Crippen LogP contribution < -0.4 is 5.32 Å². The molecule has 1 aliphatic heterocycles. The molecular formula is C15H28N2O. The Bertz CT molecular complexity index is 305. The number of nitrogens with one attached hydrogen (secondary N) is 1. The molecule has 1 spiro atoms. The van der Waals surface area contributed by atoms with Crippen LogP contribution in [0.25, 0.3) is 0 Å². The summed E-state index contributed by atoms with van der Waals surface area (Å²) in [5, 5.41) is 3.02. The average molecular weight is 252 g/mol. The van der Waals surface area contributed by atoms with Crippen LogP contribution in [0.5, 0.6) is 0 Å². The number of hydrogen-bond donors (Lipinski definition) is 1. The van der Waals surface area contributed by atoms with Crippen LogP contribution in [0.15, 0.2) is 0 Å². The molecule has 18 heavy (non-hydrogen) atoms. The van der Waals surface area contributed by atoms with Crippen molar-refractivity contribution in [2.45, 2.75) is 58.9 Å². The van der Waals surface area contributed by atoms with Crippen LogP contribution >= 0.6 is 0 Å². The predicted molar refractivity (Wildman–Crippen MR) is 74.4 cm³/mol. The van der Waals surface area contributed by atoms with Crippen LogP contribution in [-0.4, -0.2) is 36.5 Å². The molecule has 0 unspecified atom stereocenters. The Kier molecular flexibility index (Phi) is 4.31. The largest absolute Gasteiger partial charge is 0.355 e. The second-order valence-corrected chi connectivity index (χ2v) is 6.54. The molecule has 3 nitrogen and oxygen atoms in total. The van der Waals surface area contributed by atoms with Crippen LogP contribution in [0.1, 0.15) is 52.9 Å². The summed E-state index contributed by atoms with van der Waals surface area (Å²) in [7, 11) is 0. The van der Waals surface area contributed by atoms with Gasteiger partial charge in [0.15, 0.2) is 0 Å². The standard InChI is InChI=1S/C15H28N2O/c1-4-8-16-14(18)13(3)17-9-7-15(11-17)6-5-12(2)10-15/h12-13H,4-11H2,1-3H3,(H,16,18)/t12-,13-,15-/m0/s1. The molecule has 3 heteroatoms. The fourth-order valence-corrected chi connectivity index (χ4v) is 3.73. The van der Waals surface area contributed by atoms with Gasteiger partial charge < -0.3 is 5.32 Å². The summed E-state index contributed by atoms with van der Waals surface area (Å²) < 4.78 is 0. The maximum absolute atomic E-state index is 12.0. The second-order valence-electron chi connectivity index (χ2n) is 6.54. The Morgan fingerprint density at radius 1 is 1.50 bits per heavy atom. The van der Waals surface area contributed by atoms with E-state index >= 15 is 0 Å². The van der Waals surface area contributed by atoms with Crippen molar-refractivity contribution in [2.75, 3.05) is 19.6 Å². The lowest BCUT2D eigenvalue weighted by atomic mass is 9.85. The van der Waals surface area contributed by atoms with E-state index in [2.05, 4.69) is 31.0 Å². The highest BCUT2D eigenvalue weighted by atomic mass is 16.2. The van der Waals surface area contributed by atoms with Gasteiger partial charge in [-0.15, -0.1) is 0 Å². The van der Waals surface area contributed by atoms with Gasteiger partial charge in [0, 0.05) is 13.1 Å². The summed E-state index contributed by atoms with van der Waals surface area (Å²) in [5.41, 5.74) is 0.540. The SMILES string of the molecule is CCCNC(=O)[C@H](C)N1CC[C@]2(CC[C@H](C)C2)C1. The van der Waals surface area contributed by atoms with Crippen LogP contribution in [0.3, 0.4) is 0 Å². The molecular weight excluding hydrogens is 224 g/mol. The smallest absolute Gasteiger partial charge is 0.237 e. The minimum atomic E-state index is 0.0480. The Morgan fingerprint density at radius 3 is 2.89 bits per heavy atom. The molecule has 1 amide bonds. The zero-order chi connectivity index (χ0) is 13.2. The third-order valence-corrected chi connectivity index (χ3v) is 4.89. The molecule has 1 saturated carbocycles. The van der Waals surface area contributed by atoms with E-state index in [-0.39, 0.29) is 11.9 Å².